The van der Waals surface area contributed by atoms with Crippen molar-refractivity contribution in [1.82, 2.24) is 19.2 Å². The molecule has 1 amide bonds. The Morgan fingerprint density at radius 3 is 2.74 bits per heavy atom. The number of aromatic nitrogens is 2. The van der Waals surface area contributed by atoms with Gasteiger partial charge in [-0.25, -0.2) is 4.31 Å². The Labute approximate surface area is 188 Å². The lowest BCUT2D eigenvalue weighted by Gasteiger charge is -2.29. The van der Waals surface area contributed by atoms with Crippen molar-refractivity contribution in [1.29, 1.82) is 0 Å². The molecule has 2 aliphatic rings. The van der Waals surface area contributed by atoms with Gasteiger partial charge in [-0.05, 0) is 67.3 Å². The third-order valence-electron chi connectivity index (χ3n) is 6.59. The molecular weight excluding hydrogens is 404 g/mol. The predicted molar refractivity (Wildman–Crippen MR) is 126 cm³/mol. The summed E-state index contributed by atoms with van der Waals surface area (Å²) in [6.07, 6.45) is 6.77. The maximum absolute atomic E-state index is 13.1. The maximum Gasteiger partial charge on any atom is 0.268 e. The summed E-state index contributed by atoms with van der Waals surface area (Å²) in [5, 5.41) is 4.24. The Morgan fingerprint density at radius 2 is 1.97 bits per heavy atom. The van der Waals surface area contributed by atoms with Gasteiger partial charge in [0.05, 0.1) is 5.52 Å². The summed E-state index contributed by atoms with van der Waals surface area (Å²) in [5.41, 5.74) is 4.14. The standard InChI is InChI=1S/C25H30N4OS/c1-17-10-13-29(14-11-17)31-23-15-22(28(2)24(23)18-8-9-18)25(30)27-16-19-5-3-7-21-20(19)6-4-12-26-21/h3-7,12,15,17-18H,8-11,13-14,16H2,1-2H3,(H,27,30). The zero-order chi connectivity index (χ0) is 21.4. The van der Waals surface area contributed by atoms with E-state index in [0.29, 0.717) is 12.5 Å². The first-order chi connectivity index (χ1) is 15.1. The topological polar surface area (TPSA) is 50.2 Å². The fourth-order valence-corrected chi connectivity index (χ4v) is 5.75. The first-order valence-corrected chi connectivity index (χ1v) is 12.1. The monoisotopic (exact) mass is 434 g/mol. The fraction of sp³-hybridized carbons (Fsp3) is 0.440. The lowest BCUT2D eigenvalue weighted by Crippen LogP contribution is -2.27. The summed E-state index contributed by atoms with van der Waals surface area (Å²) in [5.74, 6) is 1.41. The quantitative estimate of drug-likeness (QED) is 0.547. The summed E-state index contributed by atoms with van der Waals surface area (Å²) >= 11 is 1.85. The molecule has 0 atom stereocenters. The number of pyridine rings is 1. The number of carbonyl (C=O) groups excluding carboxylic acids is 1. The van der Waals surface area contributed by atoms with E-state index in [-0.39, 0.29) is 5.91 Å². The molecule has 0 unspecified atom stereocenters. The van der Waals surface area contributed by atoms with Crippen LogP contribution in [0.25, 0.3) is 10.9 Å². The van der Waals surface area contributed by atoms with Crippen molar-refractivity contribution >= 4 is 28.8 Å². The van der Waals surface area contributed by atoms with Gasteiger partial charge >= 0.3 is 0 Å². The van der Waals surface area contributed by atoms with Crippen LogP contribution in [0.1, 0.15) is 60.3 Å². The van der Waals surface area contributed by atoms with Crippen LogP contribution in [-0.4, -0.2) is 32.9 Å². The van der Waals surface area contributed by atoms with Crippen LogP contribution in [0.2, 0.25) is 0 Å². The predicted octanol–water partition coefficient (Wildman–Crippen LogP) is 5.12. The van der Waals surface area contributed by atoms with Crippen LogP contribution in [-0.2, 0) is 13.6 Å². The highest BCUT2D eigenvalue weighted by molar-refractivity contribution is 7.97. The second-order valence-electron chi connectivity index (χ2n) is 8.99. The zero-order valence-electron chi connectivity index (χ0n) is 18.3. The average Bonchev–Trinajstić information content (AvgIpc) is 3.57. The molecule has 1 aliphatic carbocycles. The Balaban J connectivity index is 1.34. The smallest absolute Gasteiger partial charge is 0.268 e. The van der Waals surface area contributed by atoms with Gasteiger partial charge in [0.2, 0.25) is 0 Å². The van der Waals surface area contributed by atoms with E-state index in [4.69, 9.17) is 0 Å². The highest BCUT2D eigenvalue weighted by Crippen LogP contribution is 2.46. The molecule has 1 aliphatic heterocycles. The summed E-state index contributed by atoms with van der Waals surface area (Å²) in [6, 6.07) is 12.2. The molecule has 3 aromatic rings. The normalized spacial score (nSPS) is 17.9. The number of piperidine rings is 1. The number of rotatable bonds is 6. The molecule has 2 aromatic heterocycles. The highest BCUT2D eigenvalue weighted by atomic mass is 32.2. The van der Waals surface area contributed by atoms with Gasteiger partial charge in [0, 0.05) is 54.8 Å². The van der Waals surface area contributed by atoms with E-state index in [1.165, 1.54) is 36.3 Å². The Hall–Kier alpha value is -2.31. The number of benzene rings is 1. The van der Waals surface area contributed by atoms with Crippen LogP contribution >= 0.6 is 11.9 Å². The molecule has 1 saturated heterocycles. The minimum atomic E-state index is -0.00981. The fourth-order valence-electron chi connectivity index (χ4n) is 4.52. The number of fused-ring (bicyclic) bond motifs is 1. The molecule has 5 rings (SSSR count). The van der Waals surface area contributed by atoms with E-state index in [2.05, 4.69) is 44.3 Å². The van der Waals surface area contributed by atoms with Crippen LogP contribution in [0, 0.1) is 5.92 Å². The summed E-state index contributed by atoms with van der Waals surface area (Å²) < 4.78 is 4.61. The molecule has 6 heteroatoms. The second-order valence-corrected chi connectivity index (χ2v) is 10.1. The van der Waals surface area contributed by atoms with Gasteiger partial charge in [-0.3, -0.25) is 9.78 Å². The number of amides is 1. The van der Waals surface area contributed by atoms with E-state index >= 15 is 0 Å². The van der Waals surface area contributed by atoms with Gasteiger partial charge in [0.25, 0.3) is 5.91 Å². The van der Waals surface area contributed by atoms with Crippen molar-refractivity contribution in [2.24, 2.45) is 13.0 Å². The zero-order valence-corrected chi connectivity index (χ0v) is 19.1. The van der Waals surface area contributed by atoms with Crippen molar-refractivity contribution < 1.29 is 4.79 Å². The third kappa shape index (κ3) is 4.37. The molecule has 31 heavy (non-hydrogen) atoms. The number of nitrogens with one attached hydrogen (secondary N) is 1. The first kappa shape index (κ1) is 20.6. The van der Waals surface area contributed by atoms with Gasteiger partial charge in [-0.15, -0.1) is 0 Å². The van der Waals surface area contributed by atoms with Gasteiger partial charge in [-0.1, -0.05) is 25.1 Å². The molecule has 2 fully saturated rings. The van der Waals surface area contributed by atoms with Gasteiger partial charge in [-0.2, -0.15) is 0 Å². The van der Waals surface area contributed by atoms with Crippen molar-refractivity contribution in [2.45, 2.75) is 50.0 Å². The maximum atomic E-state index is 13.1. The van der Waals surface area contributed by atoms with Gasteiger partial charge in [0.1, 0.15) is 5.69 Å². The molecule has 0 bridgehead atoms. The van der Waals surface area contributed by atoms with E-state index in [0.717, 1.165) is 41.2 Å². The molecule has 5 nitrogen and oxygen atoms in total. The van der Waals surface area contributed by atoms with E-state index in [1.54, 1.807) is 6.20 Å². The van der Waals surface area contributed by atoms with E-state index < -0.39 is 0 Å². The SMILES string of the molecule is CC1CCN(Sc2cc(C(=O)NCc3cccc4ncccc34)n(C)c2C2CC2)CC1. The van der Waals surface area contributed by atoms with Crippen molar-refractivity contribution in [3.8, 4) is 0 Å². The Bertz CT molecular complexity index is 1090. The lowest BCUT2D eigenvalue weighted by atomic mass is 10.0. The van der Waals surface area contributed by atoms with Crippen molar-refractivity contribution in [2.75, 3.05) is 13.1 Å². The number of carbonyl (C=O) groups is 1. The van der Waals surface area contributed by atoms with Crippen molar-refractivity contribution in [3.05, 3.63) is 59.5 Å². The molecule has 0 radical (unpaired) electrons. The van der Waals surface area contributed by atoms with Gasteiger partial charge in [0.15, 0.2) is 0 Å². The number of hydrogen-bond acceptors (Lipinski definition) is 4. The van der Waals surface area contributed by atoms with Crippen LogP contribution in [0.3, 0.4) is 0 Å². The van der Waals surface area contributed by atoms with E-state index in [9.17, 15) is 4.79 Å². The minimum absolute atomic E-state index is 0.00981. The third-order valence-corrected chi connectivity index (χ3v) is 7.73. The molecule has 1 saturated carbocycles. The van der Waals surface area contributed by atoms with Crippen LogP contribution in [0.15, 0.2) is 47.5 Å². The minimum Gasteiger partial charge on any atom is -0.347 e. The lowest BCUT2D eigenvalue weighted by molar-refractivity contribution is 0.0942. The summed E-state index contributed by atoms with van der Waals surface area (Å²) in [4.78, 5) is 18.8. The number of nitrogens with zero attached hydrogens (tertiary/aromatic N) is 3. The average molecular weight is 435 g/mol. The highest BCUT2D eigenvalue weighted by Gasteiger charge is 2.32. The molecule has 3 heterocycles. The first-order valence-electron chi connectivity index (χ1n) is 11.3. The second kappa shape index (κ2) is 8.67. The summed E-state index contributed by atoms with van der Waals surface area (Å²) in [7, 11) is 2.05. The summed E-state index contributed by atoms with van der Waals surface area (Å²) in [6.45, 7) is 5.09. The molecule has 162 valence electrons. The number of hydrogen-bond donors (Lipinski definition) is 1. The molecule has 1 N–H and O–H groups in total. The van der Waals surface area contributed by atoms with Gasteiger partial charge < -0.3 is 9.88 Å². The molecule has 0 spiro atoms. The van der Waals surface area contributed by atoms with E-state index in [1.807, 2.05) is 37.2 Å². The van der Waals surface area contributed by atoms with Crippen LogP contribution < -0.4 is 5.32 Å². The Kier molecular flexibility index (Phi) is 5.76. The largest absolute Gasteiger partial charge is 0.347 e. The Morgan fingerprint density at radius 1 is 1.16 bits per heavy atom. The van der Waals surface area contributed by atoms with Crippen LogP contribution in [0.5, 0.6) is 0 Å². The molecular formula is C25H30N4OS. The van der Waals surface area contributed by atoms with Crippen LogP contribution in [0.4, 0.5) is 0 Å². The van der Waals surface area contributed by atoms with Crippen molar-refractivity contribution in [3.63, 3.8) is 0 Å². The molecule has 1 aromatic carbocycles.